The SMILES string of the molecule is Cc1nc2cc(NC(=O)COc3ccc(C4SCCCS4)cc3)ccc2o1. The Morgan fingerprint density at radius 1 is 1.22 bits per heavy atom. The highest BCUT2D eigenvalue weighted by Gasteiger charge is 2.16. The van der Waals surface area contributed by atoms with E-state index in [1.807, 2.05) is 35.7 Å². The number of rotatable bonds is 5. The minimum atomic E-state index is -0.211. The Bertz CT molecular complexity index is 934. The van der Waals surface area contributed by atoms with Gasteiger partial charge in [0.15, 0.2) is 18.1 Å². The fraction of sp³-hybridized carbons (Fsp3) is 0.300. The van der Waals surface area contributed by atoms with Crippen LogP contribution < -0.4 is 10.1 Å². The third-order valence-corrected chi connectivity index (χ3v) is 7.14. The van der Waals surface area contributed by atoms with Crippen LogP contribution in [0.3, 0.4) is 0 Å². The number of fused-ring (bicyclic) bond motifs is 1. The molecule has 1 aliphatic heterocycles. The number of hydrogen-bond acceptors (Lipinski definition) is 6. The van der Waals surface area contributed by atoms with Crippen molar-refractivity contribution >= 4 is 46.2 Å². The van der Waals surface area contributed by atoms with Gasteiger partial charge in [0.05, 0.1) is 4.58 Å². The maximum absolute atomic E-state index is 12.2. The topological polar surface area (TPSA) is 64.4 Å². The molecule has 0 bridgehead atoms. The van der Waals surface area contributed by atoms with Gasteiger partial charge in [-0.2, -0.15) is 0 Å². The van der Waals surface area contributed by atoms with Crippen LogP contribution in [0.1, 0.15) is 22.5 Å². The summed E-state index contributed by atoms with van der Waals surface area (Å²) in [5, 5.41) is 2.82. The first kappa shape index (κ1) is 18.3. The first-order valence-electron chi connectivity index (χ1n) is 8.80. The van der Waals surface area contributed by atoms with E-state index in [0.717, 1.165) is 5.52 Å². The molecule has 1 fully saturated rings. The van der Waals surface area contributed by atoms with Gasteiger partial charge in [-0.15, -0.1) is 23.5 Å². The third-order valence-electron chi connectivity index (χ3n) is 4.13. The standard InChI is InChI=1S/C20H20N2O3S2/c1-13-21-17-11-15(5-8-18(17)25-13)22-19(23)12-24-16-6-3-14(4-7-16)20-26-9-2-10-27-20/h3-8,11,20H,2,9-10,12H2,1H3,(H,22,23). The number of ether oxygens (including phenoxy) is 1. The highest BCUT2D eigenvalue weighted by molar-refractivity contribution is 8.16. The lowest BCUT2D eigenvalue weighted by molar-refractivity contribution is -0.118. The van der Waals surface area contributed by atoms with Gasteiger partial charge in [0.1, 0.15) is 11.3 Å². The van der Waals surface area contributed by atoms with E-state index in [-0.39, 0.29) is 12.5 Å². The quantitative estimate of drug-likeness (QED) is 0.649. The zero-order chi connectivity index (χ0) is 18.6. The number of carbonyl (C=O) groups excluding carboxylic acids is 1. The minimum absolute atomic E-state index is 0.0395. The van der Waals surface area contributed by atoms with Crippen molar-refractivity contribution in [2.45, 2.75) is 17.9 Å². The summed E-state index contributed by atoms with van der Waals surface area (Å²) in [4.78, 5) is 16.4. The van der Waals surface area contributed by atoms with E-state index >= 15 is 0 Å². The molecule has 27 heavy (non-hydrogen) atoms. The Morgan fingerprint density at radius 2 is 2.00 bits per heavy atom. The normalized spacial score (nSPS) is 15.0. The molecular formula is C20H20N2O3S2. The van der Waals surface area contributed by atoms with Crippen LogP contribution in [0, 0.1) is 6.92 Å². The van der Waals surface area contributed by atoms with E-state index in [2.05, 4.69) is 22.4 Å². The lowest BCUT2D eigenvalue weighted by Crippen LogP contribution is -2.20. The van der Waals surface area contributed by atoms with Gasteiger partial charge < -0.3 is 14.5 Å². The monoisotopic (exact) mass is 400 g/mol. The Kier molecular flexibility index (Phi) is 5.59. The summed E-state index contributed by atoms with van der Waals surface area (Å²) in [5.74, 6) is 3.52. The van der Waals surface area contributed by atoms with Crippen molar-refractivity contribution in [2.24, 2.45) is 0 Å². The van der Waals surface area contributed by atoms with Gasteiger partial charge in [-0.3, -0.25) is 4.79 Å². The number of nitrogens with zero attached hydrogens (tertiary/aromatic N) is 1. The molecule has 4 rings (SSSR count). The van der Waals surface area contributed by atoms with Crippen LogP contribution in [0.2, 0.25) is 0 Å². The average Bonchev–Trinajstić information content (AvgIpc) is 3.07. The van der Waals surface area contributed by atoms with Crippen molar-refractivity contribution in [2.75, 3.05) is 23.4 Å². The molecule has 1 aliphatic rings. The summed E-state index contributed by atoms with van der Waals surface area (Å²) in [6.07, 6.45) is 1.28. The Labute approximate surface area is 166 Å². The summed E-state index contributed by atoms with van der Waals surface area (Å²) in [6, 6.07) is 13.4. The molecule has 7 heteroatoms. The smallest absolute Gasteiger partial charge is 0.262 e. The molecule has 0 saturated carbocycles. The van der Waals surface area contributed by atoms with E-state index in [1.165, 1.54) is 23.5 Å². The van der Waals surface area contributed by atoms with Gasteiger partial charge in [-0.25, -0.2) is 4.98 Å². The number of nitrogens with one attached hydrogen (secondary N) is 1. The predicted octanol–water partition coefficient (Wildman–Crippen LogP) is 5.02. The zero-order valence-corrected chi connectivity index (χ0v) is 16.6. The molecule has 5 nitrogen and oxygen atoms in total. The van der Waals surface area contributed by atoms with E-state index in [0.29, 0.717) is 27.5 Å². The van der Waals surface area contributed by atoms with Crippen molar-refractivity contribution in [1.82, 2.24) is 4.98 Å². The van der Waals surface area contributed by atoms with Crippen LogP contribution in [0.4, 0.5) is 5.69 Å². The lowest BCUT2D eigenvalue weighted by Gasteiger charge is -2.21. The molecule has 0 unspecified atom stereocenters. The van der Waals surface area contributed by atoms with Crippen LogP contribution in [-0.4, -0.2) is 29.0 Å². The maximum Gasteiger partial charge on any atom is 0.262 e. The number of thioether (sulfide) groups is 2. The summed E-state index contributed by atoms with van der Waals surface area (Å²) in [6.45, 7) is 1.76. The number of benzene rings is 2. The maximum atomic E-state index is 12.2. The Hall–Kier alpha value is -2.12. The van der Waals surface area contributed by atoms with Gasteiger partial charge in [0.2, 0.25) is 0 Å². The summed E-state index contributed by atoms with van der Waals surface area (Å²) >= 11 is 3.98. The van der Waals surface area contributed by atoms with E-state index in [1.54, 1.807) is 25.1 Å². The fourth-order valence-corrected chi connectivity index (χ4v) is 5.76. The highest BCUT2D eigenvalue weighted by Crippen LogP contribution is 2.43. The molecular weight excluding hydrogens is 380 g/mol. The first-order chi connectivity index (χ1) is 13.2. The van der Waals surface area contributed by atoms with Crippen LogP contribution in [0.25, 0.3) is 11.1 Å². The third kappa shape index (κ3) is 4.59. The molecule has 140 valence electrons. The highest BCUT2D eigenvalue weighted by atomic mass is 32.2. The molecule has 0 spiro atoms. The second kappa shape index (κ2) is 8.27. The lowest BCUT2D eigenvalue weighted by atomic mass is 10.2. The molecule has 0 radical (unpaired) electrons. The number of anilines is 1. The van der Waals surface area contributed by atoms with Crippen molar-refractivity contribution in [3.8, 4) is 5.75 Å². The zero-order valence-electron chi connectivity index (χ0n) is 14.9. The molecule has 1 aromatic heterocycles. The number of amides is 1. The van der Waals surface area contributed by atoms with Gasteiger partial charge in [-0.1, -0.05) is 12.1 Å². The summed E-state index contributed by atoms with van der Waals surface area (Å²) in [5.41, 5.74) is 3.40. The number of aryl methyl sites for hydroxylation is 1. The molecule has 2 aromatic carbocycles. The van der Waals surface area contributed by atoms with Gasteiger partial charge >= 0.3 is 0 Å². The largest absolute Gasteiger partial charge is 0.484 e. The van der Waals surface area contributed by atoms with E-state index in [9.17, 15) is 4.79 Å². The Balaban J connectivity index is 1.31. The number of hydrogen-bond donors (Lipinski definition) is 1. The number of carbonyl (C=O) groups is 1. The van der Waals surface area contributed by atoms with Gasteiger partial charge in [0, 0.05) is 12.6 Å². The van der Waals surface area contributed by atoms with Crippen molar-refractivity contribution in [3.63, 3.8) is 0 Å². The van der Waals surface area contributed by atoms with Crippen LogP contribution in [0.15, 0.2) is 46.9 Å². The second-order valence-corrected chi connectivity index (χ2v) is 8.97. The van der Waals surface area contributed by atoms with E-state index in [4.69, 9.17) is 9.15 Å². The fourth-order valence-electron chi connectivity index (χ4n) is 2.87. The van der Waals surface area contributed by atoms with Crippen molar-refractivity contribution in [3.05, 3.63) is 53.9 Å². The van der Waals surface area contributed by atoms with E-state index < -0.39 is 0 Å². The molecule has 0 atom stereocenters. The van der Waals surface area contributed by atoms with Gasteiger partial charge in [-0.05, 0) is 53.8 Å². The molecule has 1 amide bonds. The van der Waals surface area contributed by atoms with Crippen molar-refractivity contribution in [1.29, 1.82) is 0 Å². The molecule has 1 N–H and O–H groups in total. The van der Waals surface area contributed by atoms with Crippen LogP contribution >= 0.6 is 23.5 Å². The predicted molar refractivity (Wildman–Crippen MR) is 112 cm³/mol. The first-order valence-corrected chi connectivity index (χ1v) is 10.9. The molecule has 1 saturated heterocycles. The number of aromatic nitrogens is 1. The summed E-state index contributed by atoms with van der Waals surface area (Å²) < 4.78 is 11.6. The second-order valence-electron chi connectivity index (χ2n) is 6.25. The minimum Gasteiger partial charge on any atom is -0.484 e. The Morgan fingerprint density at radius 3 is 2.78 bits per heavy atom. The molecule has 0 aliphatic carbocycles. The number of oxazole rings is 1. The van der Waals surface area contributed by atoms with Crippen LogP contribution in [0.5, 0.6) is 5.75 Å². The van der Waals surface area contributed by atoms with Crippen molar-refractivity contribution < 1.29 is 13.9 Å². The van der Waals surface area contributed by atoms with Crippen LogP contribution in [-0.2, 0) is 4.79 Å². The van der Waals surface area contributed by atoms with Gasteiger partial charge in [0.25, 0.3) is 5.91 Å². The summed E-state index contributed by atoms with van der Waals surface area (Å²) in [7, 11) is 0. The molecule has 3 aromatic rings. The molecule has 2 heterocycles. The average molecular weight is 401 g/mol.